The van der Waals surface area contributed by atoms with E-state index in [1.54, 1.807) is 0 Å². The average Bonchev–Trinajstić information content (AvgIpc) is 2.25. The van der Waals surface area contributed by atoms with Crippen LogP contribution in [-0.4, -0.2) is 29.0 Å². The van der Waals surface area contributed by atoms with Crippen molar-refractivity contribution in [3.05, 3.63) is 33.6 Å². The number of nitrogens with zero attached hydrogens (tertiary/aromatic N) is 1. The van der Waals surface area contributed by atoms with Gasteiger partial charge in [-0.2, -0.15) is 0 Å². The van der Waals surface area contributed by atoms with E-state index in [0.29, 0.717) is 12.1 Å². The Morgan fingerprint density at radius 2 is 2.11 bits per heavy atom. The van der Waals surface area contributed by atoms with Gasteiger partial charge in [-0.1, -0.05) is 0 Å². The summed E-state index contributed by atoms with van der Waals surface area (Å²) in [6.45, 7) is -0.910. The molecular formula is C9H7F3N2O4. The summed E-state index contributed by atoms with van der Waals surface area (Å²) in [4.78, 5) is 20.2. The summed E-state index contributed by atoms with van der Waals surface area (Å²) in [7, 11) is 0. The molecule has 6 nitrogen and oxygen atoms in total. The number of rotatable bonds is 5. The molecule has 1 aromatic rings. The quantitative estimate of drug-likeness (QED) is 0.627. The van der Waals surface area contributed by atoms with Crippen LogP contribution in [0.1, 0.15) is 10.4 Å². The Hall–Kier alpha value is -2.32. The molecule has 1 rings (SSSR count). The lowest BCUT2D eigenvalue weighted by atomic mass is 10.1. The number of hydrogen-bond acceptors (Lipinski definition) is 4. The first-order valence-corrected chi connectivity index (χ1v) is 4.56. The first-order chi connectivity index (χ1) is 8.32. The van der Waals surface area contributed by atoms with E-state index in [4.69, 9.17) is 5.11 Å². The molecule has 18 heavy (non-hydrogen) atoms. The standard InChI is InChI=1S/C9H7F3N2O4/c10-5-2-6(13-3-8(11)12)7(14(17)18)1-4(5)9(15)16/h1-2,8,13H,3H2,(H,15,16). The smallest absolute Gasteiger partial charge is 0.338 e. The molecule has 0 atom stereocenters. The van der Waals surface area contributed by atoms with Crippen LogP contribution >= 0.6 is 0 Å². The summed E-state index contributed by atoms with van der Waals surface area (Å²) in [5, 5.41) is 21.2. The second-order valence-corrected chi connectivity index (χ2v) is 3.18. The predicted molar refractivity (Wildman–Crippen MR) is 54.5 cm³/mol. The van der Waals surface area contributed by atoms with Crippen LogP contribution in [0.3, 0.4) is 0 Å². The molecule has 9 heteroatoms. The summed E-state index contributed by atoms with van der Waals surface area (Å²) in [5.74, 6) is -2.93. The Morgan fingerprint density at radius 3 is 2.56 bits per heavy atom. The van der Waals surface area contributed by atoms with Gasteiger partial charge in [0.25, 0.3) is 12.1 Å². The number of benzene rings is 1. The van der Waals surface area contributed by atoms with E-state index in [1.807, 2.05) is 5.32 Å². The molecule has 0 fully saturated rings. The summed E-state index contributed by atoms with van der Waals surface area (Å²) >= 11 is 0. The van der Waals surface area contributed by atoms with Crippen molar-refractivity contribution in [1.29, 1.82) is 0 Å². The van der Waals surface area contributed by atoms with E-state index >= 15 is 0 Å². The molecule has 0 saturated carbocycles. The van der Waals surface area contributed by atoms with Crippen molar-refractivity contribution in [2.45, 2.75) is 6.43 Å². The number of halogens is 3. The van der Waals surface area contributed by atoms with Crippen LogP contribution in [0.4, 0.5) is 24.5 Å². The summed E-state index contributed by atoms with van der Waals surface area (Å²) in [5.41, 5.74) is -2.18. The molecule has 0 heterocycles. The van der Waals surface area contributed by atoms with Crippen LogP contribution in [-0.2, 0) is 0 Å². The summed E-state index contributed by atoms with van der Waals surface area (Å²) in [6.07, 6.45) is -2.79. The van der Waals surface area contributed by atoms with Gasteiger partial charge in [0.05, 0.1) is 11.5 Å². The zero-order valence-electron chi connectivity index (χ0n) is 8.69. The van der Waals surface area contributed by atoms with E-state index in [1.165, 1.54) is 0 Å². The molecule has 0 amide bonds. The minimum atomic E-state index is -2.79. The Balaban J connectivity index is 3.20. The lowest BCUT2D eigenvalue weighted by Gasteiger charge is -2.07. The number of anilines is 1. The van der Waals surface area contributed by atoms with E-state index < -0.39 is 46.6 Å². The minimum Gasteiger partial charge on any atom is -0.478 e. The van der Waals surface area contributed by atoms with Gasteiger partial charge in [-0.15, -0.1) is 0 Å². The third kappa shape index (κ3) is 3.09. The van der Waals surface area contributed by atoms with Gasteiger partial charge in [0.1, 0.15) is 17.1 Å². The highest BCUT2D eigenvalue weighted by Crippen LogP contribution is 2.28. The third-order valence-corrected chi connectivity index (χ3v) is 1.96. The van der Waals surface area contributed by atoms with Crippen LogP contribution < -0.4 is 5.32 Å². The molecule has 0 spiro atoms. The summed E-state index contributed by atoms with van der Waals surface area (Å²) in [6, 6.07) is 0.982. The van der Waals surface area contributed by atoms with Crippen LogP contribution in [0.25, 0.3) is 0 Å². The Morgan fingerprint density at radius 1 is 1.50 bits per heavy atom. The number of carbonyl (C=O) groups is 1. The van der Waals surface area contributed by atoms with Gasteiger partial charge >= 0.3 is 5.97 Å². The third-order valence-electron chi connectivity index (χ3n) is 1.96. The van der Waals surface area contributed by atoms with Crippen molar-refractivity contribution in [1.82, 2.24) is 0 Å². The van der Waals surface area contributed by atoms with Crippen LogP contribution in [0.5, 0.6) is 0 Å². The molecule has 0 unspecified atom stereocenters. The first kappa shape index (κ1) is 13.7. The zero-order chi connectivity index (χ0) is 13.9. The lowest BCUT2D eigenvalue weighted by Crippen LogP contribution is -2.13. The molecule has 2 N–H and O–H groups in total. The molecule has 0 saturated heterocycles. The van der Waals surface area contributed by atoms with Gasteiger partial charge < -0.3 is 10.4 Å². The molecule has 0 aromatic heterocycles. The number of carboxylic acid groups (broad SMARTS) is 1. The van der Waals surface area contributed by atoms with Gasteiger partial charge in [0, 0.05) is 12.1 Å². The number of alkyl halides is 2. The largest absolute Gasteiger partial charge is 0.478 e. The van der Waals surface area contributed by atoms with Gasteiger partial charge in [-0.3, -0.25) is 10.1 Å². The highest BCUT2D eigenvalue weighted by Gasteiger charge is 2.22. The highest BCUT2D eigenvalue weighted by molar-refractivity contribution is 5.90. The topological polar surface area (TPSA) is 92.5 Å². The maximum Gasteiger partial charge on any atom is 0.338 e. The molecule has 0 aliphatic carbocycles. The highest BCUT2D eigenvalue weighted by atomic mass is 19.3. The van der Waals surface area contributed by atoms with Gasteiger partial charge in [0.2, 0.25) is 0 Å². The maximum absolute atomic E-state index is 13.2. The average molecular weight is 264 g/mol. The maximum atomic E-state index is 13.2. The number of nitro groups is 1. The van der Waals surface area contributed by atoms with E-state index in [9.17, 15) is 28.1 Å². The van der Waals surface area contributed by atoms with Crippen LogP contribution in [0.2, 0.25) is 0 Å². The Kier molecular flexibility index (Phi) is 4.08. The minimum absolute atomic E-state index is 0.478. The number of nitrogens with one attached hydrogen (secondary N) is 1. The van der Waals surface area contributed by atoms with Crippen molar-refractivity contribution >= 4 is 17.3 Å². The van der Waals surface area contributed by atoms with E-state index in [2.05, 4.69) is 0 Å². The number of aromatic carboxylic acids is 1. The molecule has 0 aliphatic heterocycles. The molecule has 1 aromatic carbocycles. The van der Waals surface area contributed by atoms with Gasteiger partial charge in [-0.25, -0.2) is 18.0 Å². The SMILES string of the molecule is O=C(O)c1cc([N+](=O)[O-])c(NCC(F)F)cc1F. The molecule has 0 bridgehead atoms. The zero-order valence-corrected chi connectivity index (χ0v) is 8.69. The van der Waals surface area contributed by atoms with Crippen molar-refractivity contribution in [3.63, 3.8) is 0 Å². The lowest BCUT2D eigenvalue weighted by molar-refractivity contribution is -0.384. The fourth-order valence-corrected chi connectivity index (χ4v) is 1.21. The molecule has 98 valence electrons. The van der Waals surface area contributed by atoms with Crippen LogP contribution in [0, 0.1) is 15.9 Å². The fraction of sp³-hybridized carbons (Fsp3) is 0.222. The first-order valence-electron chi connectivity index (χ1n) is 4.56. The van der Waals surface area contributed by atoms with Gasteiger partial charge in [0.15, 0.2) is 0 Å². The second-order valence-electron chi connectivity index (χ2n) is 3.18. The van der Waals surface area contributed by atoms with Gasteiger partial charge in [-0.05, 0) is 0 Å². The van der Waals surface area contributed by atoms with Crippen molar-refractivity contribution in [2.75, 3.05) is 11.9 Å². The van der Waals surface area contributed by atoms with Crippen LogP contribution in [0.15, 0.2) is 12.1 Å². The second kappa shape index (κ2) is 5.34. The number of carboxylic acids is 1. The number of nitro benzene ring substituents is 1. The van der Waals surface area contributed by atoms with E-state index in [0.717, 1.165) is 0 Å². The number of hydrogen-bond donors (Lipinski definition) is 2. The van der Waals surface area contributed by atoms with Crippen molar-refractivity contribution in [2.24, 2.45) is 0 Å². The summed E-state index contributed by atoms with van der Waals surface area (Å²) < 4.78 is 37.1. The van der Waals surface area contributed by atoms with Crippen molar-refractivity contribution < 1.29 is 28.0 Å². The van der Waals surface area contributed by atoms with Crippen molar-refractivity contribution in [3.8, 4) is 0 Å². The molecule has 0 aliphatic rings. The predicted octanol–water partition coefficient (Wildman–Crippen LogP) is 2.11. The fourth-order valence-electron chi connectivity index (χ4n) is 1.21. The van der Waals surface area contributed by atoms with E-state index in [-0.39, 0.29) is 0 Å². The normalized spacial score (nSPS) is 10.4. The Bertz CT molecular complexity index is 493. The Labute approximate surface area is 98.2 Å². The monoisotopic (exact) mass is 264 g/mol. The molecule has 0 radical (unpaired) electrons. The molecular weight excluding hydrogens is 257 g/mol.